The van der Waals surface area contributed by atoms with Crippen molar-refractivity contribution in [3.63, 3.8) is 0 Å². The highest BCUT2D eigenvalue weighted by Crippen LogP contribution is 2.17. The minimum Gasteiger partial charge on any atom is -0.392 e. The van der Waals surface area contributed by atoms with Crippen molar-refractivity contribution in [1.82, 2.24) is 5.32 Å². The first-order valence-electron chi connectivity index (χ1n) is 6.21. The van der Waals surface area contributed by atoms with E-state index in [0.717, 1.165) is 12.0 Å². The summed E-state index contributed by atoms with van der Waals surface area (Å²) < 4.78 is 13.1. The quantitative estimate of drug-likeness (QED) is 0.800. The first-order valence-corrected chi connectivity index (χ1v) is 6.21. The lowest BCUT2D eigenvalue weighted by Gasteiger charge is -2.21. The van der Waals surface area contributed by atoms with Crippen LogP contribution >= 0.6 is 0 Å². The van der Waals surface area contributed by atoms with Crippen molar-refractivity contribution in [1.29, 1.82) is 0 Å². The molecule has 0 saturated heterocycles. The molecule has 17 heavy (non-hydrogen) atoms. The minimum absolute atomic E-state index is 0.0964. The van der Waals surface area contributed by atoms with E-state index >= 15 is 0 Å². The Bertz CT molecular complexity index is 341. The third-order valence-corrected chi connectivity index (χ3v) is 3.00. The summed E-state index contributed by atoms with van der Waals surface area (Å²) in [6.07, 6.45) is 0.506. The average Bonchev–Trinajstić information content (AvgIpc) is 2.29. The molecule has 1 rings (SSSR count). The summed E-state index contributed by atoms with van der Waals surface area (Å²) in [5, 5.41) is 13.0. The van der Waals surface area contributed by atoms with Crippen LogP contribution < -0.4 is 5.32 Å². The van der Waals surface area contributed by atoms with E-state index in [1.54, 1.807) is 12.1 Å². The van der Waals surface area contributed by atoms with E-state index in [2.05, 4.69) is 5.32 Å². The Balaban J connectivity index is 2.60. The summed E-state index contributed by atoms with van der Waals surface area (Å²) in [5.74, 6) is 0.0136. The maximum absolute atomic E-state index is 13.1. The average molecular weight is 239 g/mol. The van der Waals surface area contributed by atoms with Crippen LogP contribution in [0.25, 0.3) is 0 Å². The Hall–Kier alpha value is -0.930. The van der Waals surface area contributed by atoms with Crippen LogP contribution in [0.15, 0.2) is 24.3 Å². The number of hydrogen-bond acceptors (Lipinski definition) is 2. The zero-order valence-electron chi connectivity index (χ0n) is 10.8. The molecule has 3 heteroatoms. The van der Waals surface area contributed by atoms with Gasteiger partial charge in [-0.1, -0.05) is 32.9 Å². The molecule has 0 aromatic heterocycles. The molecule has 2 N–H and O–H groups in total. The highest BCUT2D eigenvalue weighted by Gasteiger charge is 2.13. The molecule has 0 bridgehead atoms. The summed E-state index contributed by atoms with van der Waals surface area (Å²) in [4.78, 5) is 0. The predicted molar refractivity (Wildman–Crippen MR) is 68.3 cm³/mol. The fourth-order valence-electron chi connectivity index (χ4n) is 1.72. The monoisotopic (exact) mass is 239 g/mol. The third-order valence-electron chi connectivity index (χ3n) is 3.00. The van der Waals surface area contributed by atoms with Gasteiger partial charge >= 0.3 is 0 Å². The van der Waals surface area contributed by atoms with Crippen LogP contribution in [-0.2, 0) is 0 Å². The molecule has 0 aliphatic heterocycles. The van der Waals surface area contributed by atoms with Crippen molar-refractivity contribution >= 4 is 0 Å². The lowest BCUT2D eigenvalue weighted by molar-refractivity contribution is 0.120. The van der Waals surface area contributed by atoms with E-state index in [1.165, 1.54) is 6.07 Å². The van der Waals surface area contributed by atoms with Gasteiger partial charge in [0, 0.05) is 12.6 Å². The highest BCUT2D eigenvalue weighted by molar-refractivity contribution is 5.20. The molecule has 0 amide bonds. The predicted octanol–water partition coefficient (Wildman–Crippen LogP) is 2.88. The van der Waals surface area contributed by atoms with Gasteiger partial charge in [0.1, 0.15) is 5.82 Å². The third kappa shape index (κ3) is 4.44. The normalized spacial score (nSPS) is 14.9. The van der Waals surface area contributed by atoms with E-state index in [9.17, 15) is 9.50 Å². The van der Waals surface area contributed by atoms with Crippen molar-refractivity contribution in [2.45, 2.75) is 39.3 Å². The largest absolute Gasteiger partial charge is 0.392 e. The van der Waals surface area contributed by atoms with Crippen LogP contribution in [0.5, 0.6) is 0 Å². The number of rotatable bonds is 6. The Morgan fingerprint density at radius 3 is 2.59 bits per heavy atom. The van der Waals surface area contributed by atoms with Crippen molar-refractivity contribution in [3.8, 4) is 0 Å². The van der Waals surface area contributed by atoms with Crippen molar-refractivity contribution in [3.05, 3.63) is 35.6 Å². The van der Waals surface area contributed by atoms with Gasteiger partial charge in [-0.3, -0.25) is 0 Å². The molecule has 0 aliphatic rings. The molecule has 0 radical (unpaired) electrons. The van der Waals surface area contributed by atoms with Crippen LogP contribution in [-0.4, -0.2) is 17.8 Å². The number of aliphatic hydroxyl groups excluding tert-OH is 1. The van der Waals surface area contributed by atoms with Crippen molar-refractivity contribution in [2.24, 2.45) is 5.92 Å². The molecule has 0 spiro atoms. The molecule has 0 saturated carbocycles. The fourth-order valence-corrected chi connectivity index (χ4v) is 1.72. The van der Waals surface area contributed by atoms with Crippen LogP contribution in [0.3, 0.4) is 0 Å². The smallest absolute Gasteiger partial charge is 0.123 e. The van der Waals surface area contributed by atoms with Crippen LogP contribution in [0, 0.1) is 11.7 Å². The SMILES string of the molecule is CCC(NCC(O)C(C)C)c1cccc(F)c1. The Morgan fingerprint density at radius 2 is 2.06 bits per heavy atom. The van der Waals surface area contributed by atoms with Gasteiger partial charge in [0.05, 0.1) is 6.10 Å². The van der Waals surface area contributed by atoms with Gasteiger partial charge < -0.3 is 10.4 Å². The second kappa shape index (κ2) is 6.72. The van der Waals surface area contributed by atoms with Gasteiger partial charge in [0.15, 0.2) is 0 Å². The minimum atomic E-state index is -0.363. The molecule has 1 aromatic carbocycles. The topological polar surface area (TPSA) is 32.3 Å². The first kappa shape index (κ1) is 14.1. The number of hydrogen-bond donors (Lipinski definition) is 2. The van der Waals surface area contributed by atoms with Crippen LogP contribution in [0.1, 0.15) is 38.8 Å². The summed E-state index contributed by atoms with van der Waals surface area (Å²) in [6.45, 7) is 6.54. The van der Waals surface area contributed by atoms with E-state index in [1.807, 2.05) is 26.8 Å². The van der Waals surface area contributed by atoms with E-state index in [0.29, 0.717) is 6.54 Å². The second-order valence-electron chi connectivity index (χ2n) is 4.74. The lowest BCUT2D eigenvalue weighted by Crippen LogP contribution is -2.33. The molecule has 0 fully saturated rings. The van der Waals surface area contributed by atoms with Gasteiger partial charge in [-0.15, -0.1) is 0 Å². The first-order chi connectivity index (χ1) is 8.04. The van der Waals surface area contributed by atoms with Crippen molar-refractivity contribution in [2.75, 3.05) is 6.54 Å². The Morgan fingerprint density at radius 1 is 1.35 bits per heavy atom. The molecular formula is C14H22FNO. The number of aliphatic hydroxyl groups is 1. The Kier molecular flexibility index (Phi) is 5.59. The number of benzene rings is 1. The van der Waals surface area contributed by atoms with Crippen molar-refractivity contribution < 1.29 is 9.50 Å². The summed E-state index contributed by atoms with van der Waals surface area (Å²) in [5.41, 5.74) is 0.934. The zero-order chi connectivity index (χ0) is 12.8. The fraction of sp³-hybridized carbons (Fsp3) is 0.571. The molecule has 0 aliphatic carbocycles. The van der Waals surface area contributed by atoms with Gasteiger partial charge in [-0.05, 0) is 30.0 Å². The van der Waals surface area contributed by atoms with Crippen LogP contribution in [0.4, 0.5) is 4.39 Å². The highest BCUT2D eigenvalue weighted by atomic mass is 19.1. The van der Waals surface area contributed by atoms with E-state index in [-0.39, 0.29) is 23.9 Å². The number of halogens is 1. The standard InChI is InChI=1S/C14H22FNO/c1-4-13(16-9-14(17)10(2)3)11-6-5-7-12(15)8-11/h5-8,10,13-14,16-17H,4,9H2,1-3H3. The van der Waals surface area contributed by atoms with E-state index < -0.39 is 0 Å². The van der Waals surface area contributed by atoms with Gasteiger partial charge in [0.2, 0.25) is 0 Å². The second-order valence-corrected chi connectivity index (χ2v) is 4.74. The molecular weight excluding hydrogens is 217 g/mol. The van der Waals surface area contributed by atoms with Gasteiger partial charge in [-0.25, -0.2) is 4.39 Å². The summed E-state index contributed by atoms with van der Waals surface area (Å²) >= 11 is 0. The van der Waals surface area contributed by atoms with Crippen LogP contribution in [0.2, 0.25) is 0 Å². The maximum atomic E-state index is 13.1. The molecule has 2 atom stereocenters. The lowest BCUT2D eigenvalue weighted by atomic mass is 10.0. The summed E-state index contributed by atoms with van der Waals surface area (Å²) in [6, 6.07) is 6.71. The Labute approximate surface area is 103 Å². The number of nitrogens with one attached hydrogen (secondary N) is 1. The molecule has 0 heterocycles. The zero-order valence-corrected chi connectivity index (χ0v) is 10.8. The molecule has 2 unspecified atom stereocenters. The van der Waals surface area contributed by atoms with E-state index in [4.69, 9.17) is 0 Å². The maximum Gasteiger partial charge on any atom is 0.123 e. The van der Waals surface area contributed by atoms with Gasteiger partial charge in [-0.2, -0.15) is 0 Å². The summed E-state index contributed by atoms with van der Waals surface area (Å²) in [7, 11) is 0. The molecule has 1 aromatic rings. The molecule has 2 nitrogen and oxygen atoms in total. The van der Waals surface area contributed by atoms with Gasteiger partial charge in [0.25, 0.3) is 0 Å². The molecule has 96 valence electrons.